The van der Waals surface area contributed by atoms with Gasteiger partial charge < -0.3 is 10.8 Å². The molecule has 0 aliphatic rings. The number of benzene rings is 1. The molecule has 102 valence electrons. The van der Waals surface area contributed by atoms with Gasteiger partial charge in [0.05, 0.1) is 11.0 Å². The Morgan fingerprint density at radius 2 is 2.11 bits per heavy atom. The zero-order chi connectivity index (χ0) is 13.9. The lowest BCUT2D eigenvalue weighted by Gasteiger charge is -2.13. The molecule has 18 heavy (non-hydrogen) atoms. The third-order valence-corrected chi connectivity index (χ3v) is 4.64. The van der Waals surface area contributed by atoms with Crippen LogP contribution < -0.4 is 10.5 Å². The van der Waals surface area contributed by atoms with Crippen LogP contribution in [0.2, 0.25) is 0 Å². The minimum absolute atomic E-state index is 0.00923. The van der Waals surface area contributed by atoms with E-state index in [2.05, 4.69) is 20.7 Å². The molecule has 1 rings (SSSR count). The van der Waals surface area contributed by atoms with E-state index in [1.807, 2.05) is 0 Å². The SMILES string of the molecule is CCC(O)CNS(=O)(=O)c1cc(Br)cc(N)c1C. The van der Waals surface area contributed by atoms with Crippen LogP contribution in [-0.2, 0) is 10.0 Å². The Kier molecular flexibility index (Phi) is 5.15. The van der Waals surface area contributed by atoms with Gasteiger partial charge in [-0.2, -0.15) is 0 Å². The van der Waals surface area contributed by atoms with Crippen LogP contribution in [0.1, 0.15) is 18.9 Å². The zero-order valence-electron chi connectivity index (χ0n) is 10.3. The average molecular weight is 337 g/mol. The number of sulfonamides is 1. The highest BCUT2D eigenvalue weighted by Crippen LogP contribution is 2.26. The molecule has 1 unspecified atom stereocenters. The quantitative estimate of drug-likeness (QED) is 0.708. The Morgan fingerprint density at radius 3 is 2.67 bits per heavy atom. The van der Waals surface area contributed by atoms with Crippen molar-refractivity contribution in [2.75, 3.05) is 12.3 Å². The van der Waals surface area contributed by atoms with Crippen molar-refractivity contribution in [1.29, 1.82) is 0 Å². The summed E-state index contributed by atoms with van der Waals surface area (Å²) in [6, 6.07) is 3.14. The lowest BCUT2D eigenvalue weighted by Crippen LogP contribution is -2.32. The van der Waals surface area contributed by atoms with E-state index < -0.39 is 16.1 Å². The van der Waals surface area contributed by atoms with E-state index in [0.717, 1.165) is 0 Å². The minimum Gasteiger partial charge on any atom is -0.398 e. The molecule has 1 aromatic carbocycles. The lowest BCUT2D eigenvalue weighted by molar-refractivity contribution is 0.174. The summed E-state index contributed by atoms with van der Waals surface area (Å²) in [6.45, 7) is 3.42. The summed E-state index contributed by atoms with van der Waals surface area (Å²) in [5.41, 5.74) is 6.63. The number of hydrogen-bond acceptors (Lipinski definition) is 4. The van der Waals surface area contributed by atoms with Crippen LogP contribution >= 0.6 is 15.9 Å². The Bertz CT molecular complexity index is 531. The molecule has 0 aromatic heterocycles. The second-order valence-electron chi connectivity index (χ2n) is 4.03. The van der Waals surface area contributed by atoms with Gasteiger partial charge in [0.15, 0.2) is 0 Å². The van der Waals surface area contributed by atoms with Gasteiger partial charge in [0.25, 0.3) is 0 Å². The van der Waals surface area contributed by atoms with Gasteiger partial charge in [0, 0.05) is 16.7 Å². The van der Waals surface area contributed by atoms with Crippen LogP contribution in [0.25, 0.3) is 0 Å². The number of nitrogens with one attached hydrogen (secondary N) is 1. The molecule has 1 aromatic rings. The monoisotopic (exact) mass is 336 g/mol. The summed E-state index contributed by atoms with van der Waals surface area (Å²) in [5, 5.41) is 9.39. The molecule has 0 radical (unpaired) electrons. The smallest absolute Gasteiger partial charge is 0.241 e. The summed E-state index contributed by atoms with van der Waals surface area (Å²) in [4.78, 5) is 0.123. The number of halogens is 1. The fourth-order valence-electron chi connectivity index (χ4n) is 1.38. The van der Waals surface area contributed by atoms with Gasteiger partial charge in [-0.15, -0.1) is 0 Å². The molecule has 0 aliphatic heterocycles. The van der Waals surface area contributed by atoms with Crippen molar-refractivity contribution in [3.05, 3.63) is 22.2 Å². The number of anilines is 1. The maximum atomic E-state index is 12.1. The molecule has 7 heteroatoms. The molecule has 0 fully saturated rings. The van der Waals surface area contributed by atoms with Crippen molar-refractivity contribution in [2.24, 2.45) is 0 Å². The fourth-order valence-corrected chi connectivity index (χ4v) is 3.38. The highest BCUT2D eigenvalue weighted by Gasteiger charge is 2.19. The van der Waals surface area contributed by atoms with E-state index >= 15 is 0 Å². The Labute approximate surface area is 116 Å². The molecule has 0 saturated carbocycles. The van der Waals surface area contributed by atoms with Crippen LogP contribution in [0.3, 0.4) is 0 Å². The Morgan fingerprint density at radius 1 is 1.50 bits per heavy atom. The molecule has 0 bridgehead atoms. The van der Waals surface area contributed by atoms with Crippen LogP contribution in [0.15, 0.2) is 21.5 Å². The molecule has 0 spiro atoms. The second-order valence-corrected chi connectivity index (χ2v) is 6.68. The number of hydrogen-bond donors (Lipinski definition) is 3. The Balaban J connectivity index is 3.05. The maximum Gasteiger partial charge on any atom is 0.241 e. The first-order valence-electron chi connectivity index (χ1n) is 5.51. The zero-order valence-corrected chi connectivity index (χ0v) is 12.7. The third kappa shape index (κ3) is 3.68. The normalized spacial score (nSPS) is 13.6. The molecule has 5 nitrogen and oxygen atoms in total. The Hall–Kier alpha value is -0.630. The van der Waals surface area contributed by atoms with E-state index in [4.69, 9.17) is 5.73 Å². The van der Waals surface area contributed by atoms with Crippen molar-refractivity contribution in [2.45, 2.75) is 31.3 Å². The topological polar surface area (TPSA) is 92.4 Å². The van der Waals surface area contributed by atoms with Gasteiger partial charge in [-0.3, -0.25) is 0 Å². The lowest BCUT2D eigenvalue weighted by atomic mass is 10.2. The van der Waals surface area contributed by atoms with E-state index in [0.29, 0.717) is 22.1 Å². The largest absolute Gasteiger partial charge is 0.398 e. The van der Waals surface area contributed by atoms with Crippen LogP contribution in [-0.4, -0.2) is 26.2 Å². The summed E-state index contributed by atoms with van der Waals surface area (Å²) in [6.07, 6.45) is -0.202. The van der Waals surface area contributed by atoms with Crippen LogP contribution in [0, 0.1) is 6.92 Å². The first-order valence-corrected chi connectivity index (χ1v) is 7.79. The second kappa shape index (κ2) is 6.01. The van der Waals surface area contributed by atoms with Gasteiger partial charge in [0.1, 0.15) is 0 Å². The highest BCUT2D eigenvalue weighted by atomic mass is 79.9. The standard InChI is InChI=1S/C11H17BrN2O3S/c1-3-9(15)6-14-18(16,17)11-5-8(12)4-10(13)7(11)2/h4-5,9,14-15H,3,6,13H2,1-2H3. The maximum absolute atomic E-state index is 12.1. The molecular formula is C11H17BrN2O3S. The van der Waals surface area contributed by atoms with Crippen molar-refractivity contribution in [1.82, 2.24) is 4.72 Å². The van der Waals surface area contributed by atoms with Crippen LogP contribution in [0.5, 0.6) is 0 Å². The predicted molar refractivity (Wildman–Crippen MR) is 74.8 cm³/mol. The van der Waals surface area contributed by atoms with Gasteiger partial charge in [-0.1, -0.05) is 22.9 Å². The number of nitrogens with two attached hydrogens (primary N) is 1. The summed E-state index contributed by atoms with van der Waals surface area (Å²) in [5.74, 6) is 0. The molecule has 4 N–H and O–H groups in total. The minimum atomic E-state index is -3.66. The van der Waals surface area contributed by atoms with Crippen LogP contribution in [0.4, 0.5) is 5.69 Å². The van der Waals surface area contributed by atoms with Gasteiger partial charge in [0.2, 0.25) is 10.0 Å². The van der Waals surface area contributed by atoms with Crippen molar-refractivity contribution >= 4 is 31.6 Å². The number of rotatable bonds is 5. The number of aliphatic hydroxyl groups excluding tert-OH is 1. The number of nitrogen functional groups attached to an aromatic ring is 1. The van der Waals surface area contributed by atoms with Gasteiger partial charge >= 0.3 is 0 Å². The van der Waals surface area contributed by atoms with Gasteiger partial charge in [-0.25, -0.2) is 13.1 Å². The summed E-state index contributed by atoms with van der Waals surface area (Å²) < 4.78 is 27.1. The van der Waals surface area contributed by atoms with Crippen molar-refractivity contribution in [3.63, 3.8) is 0 Å². The molecule has 0 aliphatic carbocycles. The molecular weight excluding hydrogens is 320 g/mol. The fraction of sp³-hybridized carbons (Fsp3) is 0.455. The molecule has 0 saturated heterocycles. The molecule has 0 amide bonds. The predicted octanol–water partition coefficient (Wildman–Crippen LogP) is 1.39. The van der Waals surface area contributed by atoms with E-state index in [-0.39, 0.29) is 11.4 Å². The number of aliphatic hydroxyl groups is 1. The third-order valence-electron chi connectivity index (χ3n) is 2.63. The molecule has 0 heterocycles. The van der Waals surface area contributed by atoms with Crippen molar-refractivity contribution in [3.8, 4) is 0 Å². The van der Waals surface area contributed by atoms with Crippen molar-refractivity contribution < 1.29 is 13.5 Å². The van der Waals surface area contributed by atoms with E-state index in [1.54, 1.807) is 19.9 Å². The first-order chi connectivity index (χ1) is 8.27. The van der Waals surface area contributed by atoms with E-state index in [1.165, 1.54) is 6.07 Å². The summed E-state index contributed by atoms with van der Waals surface area (Å²) >= 11 is 3.21. The van der Waals surface area contributed by atoms with Gasteiger partial charge in [-0.05, 0) is 31.0 Å². The van der Waals surface area contributed by atoms with E-state index in [9.17, 15) is 13.5 Å². The first kappa shape index (κ1) is 15.4. The summed E-state index contributed by atoms with van der Waals surface area (Å²) in [7, 11) is -3.66. The highest BCUT2D eigenvalue weighted by molar-refractivity contribution is 9.10. The average Bonchev–Trinajstić information content (AvgIpc) is 2.30. The molecule has 1 atom stereocenters.